The van der Waals surface area contributed by atoms with Crippen LogP contribution in [0, 0.1) is 0 Å². The lowest BCUT2D eigenvalue weighted by Crippen LogP contribution is -2.67. The second kappa shape index (κ2) is 5.36. The molecule has 0 saturated carbocycles. The zero-order valence-corrected chi connectivity index (χ0v) is 18.0. The van der Waals surface area contributed by atoms with Gasteiger partial charge in [-0.15, -0.1) is 0 Å². The van der Waals surface area contributed by atoms with Gasteiger partial charge in [0.05, 0.1) is 16.9 Å². The van der Waals surface area contributed by atoms with Gasteiger partial charge in [0.1, 0.15) is 0 Å². The Morgan fingerprint density at radius 1 is 0.722 bits per heavy atom. The predicted molar refractivity (Wildman–Crippen MR) is 95.1 cm³/mol. The third-order valence-electron chi connectivity index (χ3n) is 4.44. The topological polar surface area (TPSA) is 0 Å². The van der Waals surface area contributed by atoms with E-state index < -0.39 is 8.07 Å². The summed E-state index contributed by atoms with van der Waals surface area (Å²) in [5, 5.41) is 1.21. The number of halogens is 1. The quantitative estimate of drug-likeness (QED) is 0.397. The van der Waals surface area contributed by atoms with Crippen LogP contribution in [0.15, 0.2) is 0 Å². The van der Waals surface area contributed by atoms with E-state index in [1.165, 1.54) is 0 Å². The molecule has 0 N–H and O–H groups in total. The average Bonchev–Trinajstić information content (AvgIpc) is 1.94. The summed E-state index contributed by atoms with van der Waals surface area (Å²) in [5.41, 5.74) is 0. The van der Waals surface area contributed by atoms with Crippen LogP contribution in [0.5, 0.6) is 0 Å². The fraction of sp³-hybridized carbons (Fsp3) is 1.00. The van der Waals surface area contributed by atoms with Crippen LogP contribution in [0.25, 0.3) is 0 Å². The van der Waals surface area contributed by atoms with Crippen LogP contribution in [-0.4, -0.2) is 20.9 Å². The Morgan fingerprint density at radius 2 is 0.944 bits per heavy atom. The van der Waals surface area contributed by atoms with Gasteiger partial charge in [0.15, 0.2) is 0 Å². The van der Waals surface area contributed by atoms with Crippen LogP contribution < -0.4 is 0 Å². The molecular formula is C15H34BrSi2. The zero-order chi connectivity index (χ0) is 15.2. The molecule has 1 atom stereocenters. The third kappa shape index (κ3) is 2.98. The Balaban J connectivity index is 6.27. The van der Waals surface area contributed by atoms with Gasteiger partial charge in [0.2, 0.25) is 0 Å². The Hall–Kier alpha value is 0.914. The maximum absolute atomic E-state index is 4.18. The van der Waals surface area contributed by atoms with Gasteiger partial charge in [-0.3, -0.25) is 0 Å². The highest BCUT2D eigenvalue weighted by atomic mass is 79.9. The lowest BCUT2D eigenvalue weighted by Gasteiger charge is -2.62. The maximum Gasteiger partial charge on any atom is 0.0809 e. The van der Waals surface area contributed by atoms with Crippen molar-refractivity contribution in [2.75, 3.05) is 0 Å². The number of rotatable bonds is 2. The minimum atomic E-state index is -1.60. The van der Waals surface area contributed by atoms with Crippen molar-refractivity contribution in [1.82, 2.24) is 0 Å². The number of hydrogen-bond donors (Lipinski definition) is 0. The molecule has 0 spiro atoms. The van der Waals surface area contributed by atoms with Crippen LogP contribution in [-0.2, 0) is 0 Å². The first-order valence-corrected chi connectivity index (χ1v) is 12.6. The Kier molecular flexibility index (Phi) is 5.63. The third-order valence-corrected chi connectivity index (χ3v) is 21.1. The van der Waals surface area contributed by atoms with Crippen molar-refractivity contribution in [3.8, 4) is 0 Å². The van der Waals surface area contributed by atoms with Gasteiger partial charge in [-0.25, -0.2) is 0 Å². The second-order valence-corrected chi connectivity index (χ2v) is 21.6. The minimum Gasteiger partial charge on any atom is -0.0960 e. The molecule has 0 bridgehead atoms. The van der Waals surface area contributed by atoms with Crippen molar-refractivity contribution in [1.29, 1.82) is 0 Å². The van der Waals surface area contributed by atoms with Crippen molar-refractivity contribution in [2.24, 2.45) is 0 Å². The molecule has 0 heterocycles. The summed E-state index contributed by atoms with van der Waals surface area (Å²) < 4.78 is 0.745. The Labute approximate surface area is 127 Å². The molecule has 0 amide bonds. The molecule has 3 heteroatoms. The van der Waals surface area contributed by atoms with Gasteiger partial charge in [-0.1, -0.05) is 91.3 Å². The van der Waals surface area contributed by atoms with E-state index in [2.05, 4.69) is 91.3 Å². The molecule has 0 aliphatic rings. The lowest BCUT2D eigenvalue weighted by molar-refractivity contribution is 0.533. The summed E-state index contributed by atoms with van der Waals surface area (Å²) in [6, 6.07) is 0. The van der Waals surface area contributed by atoms with E-state index >= 15 is 0 Å². The van der Waals surface area contributed by atoms with Crippen molar-refractivity contribution >= 4 is 32.8 Å². The molecule has 0 aromatic carbocycles. The maximum atomic E-state index is 4.18. The van der Waals surface area contributed by atoms with E-state index in [1.807, 2.05) is 0 Å². The van der Waals surface area contributed by atoms with Gasteiger partial charge in [0, 0.05) is 4.07 Å². The highest BCUT2D eigenvalue weighted by molar-refractivity contribution is 9.10. The van der Waals surface area contributed by atoms with E-state index in [9.17, 15) is 0 Å². The number of hydrogen-bond acceptors (Lipinski definition) is 0. The molecule has 0 rings (SSSR count). The summed E-state index contributed by atoms with van der Waals surface area (Å²) in [5.74, 6) is 0. The van der Waals surface area contributed by atoms with Gasteiger partial charge < -0.3 is 0 Å². The molecule has 0 aromatic heterocycles. The van der Waals surface area contributed by atoms with Crippen LogP contribution >= 0.6 is 15.9 Å². The largest absolute Gasteiger partial charge is 0.0960 e. The van der Waals surface area contributed by atoms with Gasteiger partial charge in [-0.05, 0) is 15.1 Å². The second-order valence-electron chi connectivity index (χ2n) is 9.00. The molecule has 0 aliphatic heterocycles. The van der Waals surface area contributed by atoms with E-state index in [-0.39, 0.29) is 8.80 Å². The van der Waals surface area contributed by atoms with E-state index in [0.717, 1.165) is 4.07 Å². The Morgan fingerprint density at radius 3 is 1.00 bits per heavy atom. The lowest BCUT2D eigenvalue weighted by atomic mass is 10.2. The number of alkyl halides is 1. The Bertz CT molecular complexity index is 240. The fourth-order valence-corrected chi connectivity index (χ4v) is 27.5. The van der Waals surface area contributed by atoms with Crippen LogP contribution in [0.2, 0.25) is 28.2 Å². The first kappa shape index (κ1) is 18.9. The zero-order valence-electron chi connectivity index (χ0n) is 14.5. The van der Waals surface area contributed by atoms with Crippen LogP contribution in [0.4, 0.5) is 0 Å². The predicted octanol–water partition coefficient (Wildman–Crippen LogP) is 6.43. The standard InChI is InChI=1S/C15H34BrSi2/c1-13(2,3)18(14(4,5)6,15(7,8)9)12(16)17(10)11/h12H,1-11H3. The molecule has 0 aromatic rings. The molecule has 1 unspecified atom stereocenters. The van der Waals surface area contributed by atoms with Gasteiger partial charge in [-0.2, -0.15) is 0 Å². The highest BCUT2D eigenvalue weighted by Gasteiger charge is 2.63. The van der Waals surface area contributed by atoms with E-state index in [1.54, 1.807) is 0 Å². The fourth-order valence-electron chi connectivity index (χ4n) is 4.95. The van der Waals surface area contributed by atoms with Crippen LogP contribution in [0.1, 0.15) is 62.3 Å². The van der Waals surface area contributed by atoms with E-state index in [4.69, 9.17) is 0 Å². The van der Waals surface area contributed by atoms with Crippen molar-refractivity contribution < 1.29 is 0 Å². The molecule has 0 saturated heterocycles. The summed E-state index contributed by atoms with van der Waals surface area (Å²) in [4.78, 5) is 0. The molecule has 109 valence electrons. The van der Waals surface area contributed by atoms with Gasteiger partial charge >= 0.3 is 0 Å². The highest BCUT2D eigenvalue weighted by Crippen LogP contribution is 2.64. The first-order valence-electron chi connectivity index (χ1n) is 7.05. The molecule has 1 radical (unpaired) electrons. The van der Waals surface area contributed by atoms with Crippen LogP contribution in [0.3, 0.4) is 0 Å². The normalized spacial score (nSPS) is 17.2. The average molecular weight is 351 g/mol. The van der Waals surface area contributed by atoms with Crippen molar-refractivity contribution in [3.63, 3.8) is 0 Å². The molecule has 0 fully saturated rings. The van der Waals surface area contributed by atoms with Crippen molar-refractivity contribution in [2.45, 2.75) is 94.6 Å². The SMILES string of the molecule is C[Si](C)C(Br)[Si](C(C)(C)C)(C(C)(C)C)C(C)(C)C. The first-order chi connectivity index (χ1) is 7.60. The monoisotopic (exact) mass is 349 g/mol. The van der Waals surface area contributed by atoms with E-state index in [0.29, 0.717) is 15.1 Å². The summed E-state index contributed by atoms with van der Waals surface area (Å²) >= 11 is 4.18. The summed E-state index contributed by atoms with van der Waals surface area (Å²) in [6.07, 6.45) is 0. The summed E-state index contributed by atoms with van der Waals surface area (Å²) in [6.45, 7) is 27.3. The van der Waals surface area contributed by atoms with Gasteiger partial charge in [0.25, 0.3) is 0 Å². The summed E-state index contributed by atoms with van der Waals surface area (Å²) in [7, 11) is -1.94. The minimum absolute atomic E-state index is 0.337. The molecule has 18 heavy (non-hydrogen) atoms. The smallest absolute Gasteiger partial charge is 0.0809 e. The molecule has 0 nitrogen and oxygen atoms in total. The molecule has 0 aliphatic carbocycles. The van der Waals surface area contributed by atoms with Crippen molar-refractivity contribution in [3.05, 3.63) is 0 Å². The molecular weight excluding hydrogens is 316 g/mol.